The van der Waals surface area contributed by atoms with Crippen LogP contribution in [-0.4, -0.2) is 30.5 Å². The van der Waals surface area contributed by atoms with Crippen LogP contribution in [0.3, 0.4) is 0 Å². The molecule has 0 saturated carbocycles. The highest BCUT2D eigenvalue weighted by Gasteiger charge is 2.05. The summed E-state index contributed by atoms with van der Waals surface area (Å²) < 4.78 is 5.32. The number of carbonyl (C=O) groups excluding carboxylic acids is 1. The van der Waals surface area contributed by atoms with Gasteiger partial charge in [-0.1, -0.05) is 23.7 Å². The molecule has 0 spiro atoms. The fourth-order valence-corrected chi connectivity index (χ4v) is 2.06. The number of nitrogens with zero attached hydrogens (tertiary/aromatic N) is 1. The van der Waals surface area contributed by atoms with Gasteiger partial charge in [-0.3, -0.25) is 14.9 Å². The van der Waals surface area contributed by atoms with Crippen molar-refractivity contribution in [3.05, 3.63) is 63.7 Å². The summed E-state index contributed by atoms with van der Waals surface area (Å²) in [7, 11) is 0. The Morgan fingerprint density at radius 3 is 2.50 bits per heavy atom. The summed E-state index contributed by atoms with van der Waals surface area (Å²) in [4.78, 5) is 21.8. The van der Waals surface area contributed by atoms with Crippen LogP contribution >= 0.6 is 11.6 Å². The summed E-state index contributed by atoms with van der Waals surface area (Å²) in [6.45, 7) is 0.749. The van der Waals surface area contributed by atoms with Crippen LogP contribution in [0.5, 0.6) is 5.75 Å². The van der Waals surface area contributed by atoms with E-state index in [1.54, 1.807) is 36.4 Å². The lowest BCUT2D eigenvalue weighted by Gasteiger charge is -2.09. The monoisotopic (exact) mass is 349 g/mol. The molecule has 0 aliphatic heterocycles. The van der Waals surface area contributed by atoms with Gasteiger partial charge in [-0.05, 0) is 24.3 Å². The predicted octanol–water partition coefficient (Wildman–Crippen LogP) is 2.86. The average molecular weight is 350 g/mol. The normalized spacial score (nSPS) is 10.0. The third-order valence-electron chi connectivity index (χ3n) is 3.05. The Bertz CT molecular complexity index is 707. The molecule has 0 aliphatic rings. The molecule has 0 atom stereocenters. The standard InChI is InChI=1S/C16H16ClN3O4/c17-14-3-1-2-4-15(14)24-11-16(21)19-10-9-18-12-5-7-13(8-6-12)20(22)23/h1-8,18H,9-11H2,(H,19,21). The number of nitro groups is 1. The summed E-state index contributed by atoms with van der Waals surface area (Å²) in [6.07, 6.45) is 0. The molecule has 0 bridgehead atoms. The predicted molar refractivity (Wildman–Crippen MR) is 91.5 cm³/mol. The number of rotatable bonds is 8. The number of anilines is 1. The zero-order chi connectivity index (χ0) is 17.4. The maximum Gasteiger partial charge on any atom is 0.269 e. The maximum atomic E-state index is 11.7. The SMILES string of the molecule is O=C(COc1ccccc1Cl)NCCNc1ccc([N+](=O)[O-])cc1. The van der Waals surface area contributed by atoms with Crippen LogP contribution in [0.15, 0.2) is 48.5 Å². The summed E-state index contributed by atoms with van der Waals surface area (Å²) in [5.74, 6) is 0.193. The fourth-order valence-electron chi connectivity index (χ4n) is 1.87. The minimum Gasteiger partial charge on any atom is -0.482 e. The Balaban J connectivity index is 1.65. The molecule has 1 amide bonds. The average Bonchev–Trinajstić information content (AvgIpc) is 2.58. The molecule has 2 rings (SSSR count). The van der Waals surface area contributed by atoms with E-state index in [1.807, 2.05) is 0 Å². The Morgan fingerprint density at radius 1 is 1.12 bits per heavy atom. The van der Waals surface area contributed by atoms with E-state index in [9.17, 15) is 14.9 Å². The molecule has 0 fully saturated rings. The smallest absolute Gasteiger partial charge is 0.269 e. The van der Waals surface area contributed by atoms with Crippen molar-refractivity contribution in [1.29, 1.82) is 0 Å². The van der Waals surface area contributed by atoms with Gasteiger partial charge in [-0.2, -0.15) is 0 Å². The van der Waals surface area contributed by atoms with E-state index in [1.165, 1.54) is 12.1 Å². The zero-order valence-electron chi connectivity index (χ0n) is 12.7. The van der Waals surface area contributed by atoms with Gasteiger partial charge in [0, 0.05) is 30.9 Å². The van der Waals surface area contributed by atoms with E-state index >= 15 is 0 Å². The Kier molecular flexibility index (Phi) is 6.39. The number of nitrogens with one attached hydrogen (secondary N) is 2. The van der Waals surface area contributed by atoms with Crippen LogP contribution in [0.1, 0.15) is 0 Å². The minimum absolute atomic E-state index is 0.0329. The van der Waals surface area contributed by atoms with E-state index in [-0.39, 0.29) is 18.2 Å². The second-order valence-electron chi connectivity index (χ2n) is 4.80. The number of halogens is 1. The number of non-ortho nitro benzene ring substituents is 1. The molecule has 0 saturated heterocycles. The van der Waals surface area contributed by atoms with Gasteiger partial charge in [-0.15, -0.1) is 0 Å². The molecule has 2 aromatic carbocycles. The van der Waals surface area contributed by atoms with Crippen LogP contribution in [0.4, 0.5) is 11.4 Å². The van der Waals surface area contributed by atoms with Crippen LogP contribution in [-0.2, 0) is 4.79 Å². The molecular weight excluding hydrogens is 334 g/mol. The topological polar surface area (TPSA) is 93.5 Å². The number of nitro benzene ring substituents is 1. The molecule has 24 heavy (non-hydrogen) atoms. The lowest BCUT2D eigenvalue weighted by molar-refractivity contribution is -0.384. The van der Waals surface area contributed by atoms with Gasteiger partial charge < -0.3 is 15.4 Å². The van der Waals surface area contributed by atoms with Crippen LogP contribution in [0.2, 0.25) is 5.02 Å². The van der Waals surface area contributed by atoms with Crippen molar-refractivity contribution >= 4 is 28.9 Å². The first kappa shape index (κ1) is 17.6. The number of hydrogen-bond donors (Lipinski definition) is 2. The number of benzene rings is 2. The molecule has 0 aromatic heterocycles. The number of carbonyl (C=O) groups is 1. The third-order valence-corrected chi connectivity index (χ3v) is 3.36. The van der Waals surface area contributed by atoms with Crippen molar-refractivity contribution in [3.63, 3.8) is 0 Å². The molecule has 0 aliphatic carbocycles. The molecular formula is C16H16ClN3O4. The van der Waals surface area contributed by atoms with Gasteiger partial charge in [0.15, 0.2) is 6.61 Å². The minimum atomic E-state index is -0.455. The number of ether oxygens (including phenoxy) is 1. The van der Waals surface area contributed by atoms with Crippen LogP contribution in [0, 0.1) is 10.1 Å². The summed E-state index contributed by atoms with van der Waals surface area (Å²) in [6, 6.07) is 13.0. The van der Waals surface area contributed by atoms with E-state index in [4.69, 9.17) is 16.3 Å². The first-order chi connectivity index (χ1) is 11.6. The molecule has 2 aromatic rings. The first-order valence-corrected chi connectivity index (χ1v) is 7.56. The summed E-state index contributed by atoms with van der Waals surface area (Å²) in [5, 5.41) is 16.7. The quantitative estimate of drug-likeness (QED) is 0.434. The highest BCUT2D eigenvalue weighted by atomic mass is 35.5. The van der Waals surface area contributed by atoms with Crippen molar-refractivity contribution < 1.29 is 14.5 Å². The Morgan fingerprint density at radius 2 is 1.83 bits per heavy atom. The zero-order valence-corrected chi connectivity index (χ0v) is 13.5. The summed E-state index contributed by atoms with van der Waals surface area (Å²) >= 11 is 5.92. The summed E-state index contributed by atoms with van der Waals surface area (Å²) in [5.41, 5.74) is 0.771. The highest BCUT2D eigenvalue weighted by molar-refractivity contribution is 6.32. The largest absolute Gasteiger partial charge is 0.482 e. The second kappa shape index (κ2) is 8.73. The van der Waals surface area contributed by atoms with Crippen molar-refractivity contribution in [2.24, 2.45) is 0 Å². The van der Waals surface area contributed by atoms with Gasteiger partial charge in [0.2, 0.25) is 0 Å². The molecule has 0 radical (unpaired) electrons. The van der Waals surface area contributed by atoms with Crippen LogP contribution < -0.4 is 15.4 Å². The molecule has 0 unspecified atom stereocenters. The van der Waals surface area contributed by atoms with Gasteiger partial charge in [0.1, 0.15) is 5.75 Å². The van der Waals surface area contributed by atoms with Crippen molar-refractivity contribution in [2.45, 2.75) is 0 Å². The second-order valence-corrected chi connectivity index (χ2v) is 5.21. The molecule has 0 heterocycles. The Hall–Kier alpha value is -2.80. The van der Waals surface area contributed by atoms with E-state index in [2.05, 4.69) is 10.6 Å². The number of hydrogen-bond acceptors (Lipinski definition) is 5. The van der Waals surface area contributed by atoms with Gasteiger partial charge >= 0.3 is 0 Å². The van der Waals surface area contributed by atoms with Crippen molar-refractivity contribution in [3.8, 4) is 5.75 Å². The van der Waals surface area contributed by atoms with Crippen molar-refractivity contribution in [2.75, 3.05) is 25.0 Å². The van der Waals surface area contributed by atoms with Crippen molar-refractivity contribution in [1.82, 2.24) is 5.32 Å². The highest BCUT2D eigenvalue weighted by Crippen LogP contribution is 2.22. The Labute approximate surface area is 143 Å². The number of para-hydroxylation sites is 1. The molecule has 126 valence electrons. The molecule has 8 heteroatoms. The van der Waals surface area contributed by atoms with E-state index < -0.39 is 4.92 Å². The van der Waals surface area contributed by atoms with Crippen LogP contribution in [0.25, 0.3) is 0 Å². The van der Waals surface area contributed by atoms with Gasteiger partial charge in [0.05, 0.1) is 9.95 Å². The lowest BCUT2D eigenvalue weighted by Crippen LogP contribution is -2.32. The molecule has 7 nitrogen and oxygen atoms in total. The first-order valence-electron chi connectivity index (χ1n) is 7.18. The lowest BCUT2D eigenvalue weighted by atomic mass is 10.3. The molecule has 2 N–H and O–H groups in total. The van der Waals surface area contributed by atoms with Gasteiger partial charge in [-0.25, -0.2) is 0 Å². The van der Waals surface area contributed by atoms with E-state index in [0.717, 1.165) is 5.69 Å². The number of amides is 1. The third kappa shape index (κ3) is 5.44. The van der Waals surface area contributed by atoms with Gasteiger partial charge in [0.25, 0.3) is 11.6 Å². The fraction of sp³-hybridized carbons (Fsp3) is 0.188. The van der Waals surface area contributed by atoms with E-state index in [0.29, 0.717) is 23.9 Å². The maximum absolute atomic E-state index is 11.7.